The molecular formula is C14H21NO4. The molecule has 1 saturated heterocycles. The van der Waals surface area contributed by atoms with Crippen LogP contribution in [0, 0.1) is 0 Å². The second-order valence-electron chi connectivity index (χ2n) is 4.70. The number of β-lactam (4-membered cyclic amide) rings is 1. The van der Waals surface area contributed by atoms with E-state index in [0.29, 0.717) is 25.0 Å². The number of nitrogens with zero attached hydrogens (tertiary/aromatic N) is 1. The molecule has 0 N–H and O–H groups in total. The fourth-order valence-electron chi connectivity index (χ4n) is 1.79. The fourth-order valence-corrected chi connectivity index (χ4v) is 1.79. The van der Waals surface area contributed by atoms with Crippen LogP contribution in [0.1, 0.15) is 46.5 Å². The molecule has 0 bridgehead atoms. The lowest BCUT2D eigenvalue weighted by Gasteiger charge is -2.32. The van der Waals surface area contributed by atoms with Gasteiger partial charge in [0.05, 0.1) is 6.54 Å². The van der Waals surface area contributed by atoms with Crippen molar-refractivity contribution in [3.63, 3.8) is 0 Å². The van der Waals surface area contributed by atoms with Crippen molar-refractivity contribution in [3.8, 4) is 0 Å². The van der Waals surface area contributed by atoms with Gasteiger partial charge in [0.1, 0.15) is 6.61 Å². The number of hydrogen-bond donors (Lipinski definition) is 0. The average molecular weight is 267 g/mol. The first-order valence-corrected chi connectivity index (χ1v) is 6.70. The van der Waals surface area contributed by atoms with Crippen molar-refractivity contribution in [2.75, 3.05) is 13.2 Å². The smallest absolute Gasteiger partial charge is 0.306 e. The van der Waals surface area contributed by atoms with E-state index in [0.717, 1.165) is 18.4 Å². The molecule has 0 aromatic heterocycles. The molecule has 0 saturated carbocycles. The van der Waals surface area contributed by atoms with Gasteiger partial charge in [0.2, 0.25) is 5.91 Å². The van der Waals surface area contributed by atoms with Crippen LogP contribution in [0.3, 0.4) is 0 Å². The highest BCUT2D eigenvalue weighted by molar-refractivity contribution is 6.11. The first kappa shape index (κ1) is 15.4. The van der Waals surface area contributed by atoms with Gasteiger partial charge < -0.3 is 4.74 Å². The fraction of sp³-hybridized carbons (Fsp3) is 0.643. The third kappa shape index (κ3) is 3.91. The lowest BCUT2D eigenvalue weighted by atomic mass is 10.0. The Hall–Kier alpha value is -1.65. The van der Waals surface area contributed by atoms with E-state index < -0.39 is 0 Å². The van der Waals surface area contributed by atoms with Gasteiger partial charge in [-0.3, -0.25) is 19.3 Å². The quantitative estimate of drug-likeness (QED) is 0.418. The van der Waals surface area contributed by atoms with E-state index >= 15 is 0 Å². The molecule has 1 fully saturated rings. The molecule has 0 radical (unpaired) electrons. The zero-order valence-corrected chi connectivity index (χ0v) is 11.8. The van der Waals surface area contributed by atoms with Gasteiger partial charge in [0, 0.05) is 18.4 Å². The minimum absolute atomic E-state index is 0.132. The zero-order valence-electron chi connectivity index (χ0n) is 11.8. The van der Waals surface area contributed by atoms with Crippen molar-refractivity contribution in [3.05, 3.63) is 11.1 Å². The molecule has 1 rings (SSSR count). The Morgan fingerprint density at radius 1 is 1.21 bits per heavy atom. The molecular weight excluding hydrogens is 246 g/mol. The Bertz CT molecular complexity index is 412. The molecule has 0 aromatic rings. The molecule has 1 aliphatic rings. The summed E-state index contributed by atoms with van der Waals surface area (Å²) in [6, 6.07) is 0. The Balaban J connectivity index is 2.48. The number of imide groups is 1. The Kier molecular flexibility index (Phi) is 5.73. The third-order valence-corrected chi connectivity index (χ3v) is 3.00. The lowest BCUT2D eigenvalue weighted by molar-refractivity contribution is -0.148. The van der Waals surface area contributed by atoms with Gasteiger partial charge >= 0.3 is 5.97 Å². The molecule has 1 aliphatic heterocycles. The number of esters is 1. The van der Waals surface area contributed by atoms with Crippen molar-refractivity contribution < 1.29 is 19.1 Å². The van der Waals surface area contributed by atoms with Crippen molar-refractivity contribution in [1.82, 2.24) is 4.90 Å². The van der Waals surface area contributed by atoms with Gasteiger partial charge in [0.15, 0.2) is 0 Å². The topological polar surface area (TPSA) is 63.7 Å². The minimum Gasteiger partial charge on any atom is -0.461 e. The summed E-state index contributed by atoms with van der Waals surface area (Å²) in [7, 11) is 0. The van der Waals surface area contributed by atoms with E-state index in [1.165, 1.54) is 4.90 Å². The van der Waals surface area contributed by atoms with Crippen LogP contribution >= 0.6 is 0 Å². The van der Waals surface area contributed by atoms with Gasteiger partial charge in [-0.2, -0.15) is 0 Å². The number of amides is 2. The number of rotatable bonds is 6. The molecule has 5 heteroatoms. The van der Waals surface area contributed by atoms with E-state index in [2.05, 4.69) is 0 Å². The summed E-state index contributed by atoms with van der Waals surface area (Å²) in [5.41, 5.74) is 1.32. The maximum absolute atomic E-state index is 11.8. The number of hydrogen-bond acceptors (Lipinski definition) is 4. The minimum atomic E-state index is -0.256. The number of carbonyl (C=O) groups is 3. The monoisotopic (exact) mass is 267 g/mol. The van der Waals surface area contributed by atoms with Gasteiger partial charge in [-0.1, -0.05) is 13.8 Å². The second kappa shape index (κ2) is 7.07. The standard InChI is InChI=1S/C14H21NO4/c1-4-6-12(16)15-8-11(14(15)18)10(3)9-19-13(17)7-5-2/h4-9H2,1-3H3/b11-10+. The van der Waals surface area contributed by atoms with Crippen molar-refractivity contribution in [2.45, 2.75) is 46.5 Å². The molecule has 2 amide bonds. The summed E-state index contributed by atoms with van der Waals surface area (Å²) in [6.45, 7) is 6.04. The highest BCUT2D eigenvalue weighted by Crippen LogP contribution is 2.22. The van der Waals surface area contributed by atoms with Crippen LogP contribution in [0.4, 0.5) is 0 Å². The Morgan fingerprint density at radius 3 is 2.37 bits per heavy atom. The second-order valence-corrected chi connectivity index (χ2v) is 4.70. The van der Waals surface area contributed by atoms with Crippen LogP contribution in [0.5, 0.6) is 0 Å². The van der Waals surface area contributed by atoms with Crippen LogP contribution < -0.4 is 0 Å². The SMILES string of the molecule is CCCC(=O)OC/C(C)=C1\CN(C(=O)CCC)C1=O. The molecule has 19 heavy (non-hydrogen) atoms. The lowest BCUT2D eigenvalue weighted by Crippen LogP contribution is -2.50. The van der Waals surface area contributed by atoms with Gasteiger partial charge in [-0.25, -0.2) is 0 Å². The highest BCUT2D eigenvalue weighted by atomic mass is 16.5. The van der Waals surface area contributed by atoms with E-state index in [1.54, 1.807) is 6.92 Å². The molecule has 0 atom stereocenters. The zero-order chi connectivity index (χ0) is 14.4. The first-order valence-electron chi connectivity index (χ1n) is 6.70. The summed E-state index contributed by atoms with van der Waals surface area (Å²) in [5, 5.41) is 0. The predicted octanol–water partition coefficient (Wildman–Crippen LogP) is 1.82. The van der Waals surface area contributed by atoms with Crippen LogP contribution in [0.2, 0.25) is 0 Å². The van der Waals surface area contributed by atoms with Gasteiger partial charge in [-0.15, -0.1) is 0 Å². The molecule has 0 unspecified atom stereocenters. The first-order chi connectivity index (χ1) is 9.01. The summed E-state index contributed by atoms with van der Waals surface area (Å²) in [4.78, 5) is 35.8. The summed E-state index contributed by atoms with van der Waals surface area (Å²) < 4.78 is 5.04. The van der Waals surface area contributed by atoms with Crippen LogP contribution in [-0.4, -0.2) is 35.8 Å². The predicted molar refractivity (Wildman–Crippen MR) is 70.2 cm³/mol. The maximum atomic E-state index is 11.8. The molecule has 1 heterocycles. The molecule has 5 nitrogen and oxygen atoms in total. The number of carbonyl (C=O) groups excluding carboxylic acids is 3. The van der Waals surface area contributed by atoms with E-state index in [1.807, 2.05) is 13.8 Å². The molecule has 0 spiro atoms. The largest absolute Gasteiger partial charge is 0.461 e. The molecule has 0 aromatic carbocycles. The van der Waals surface area contributed by atoms with Crippen LogP contribution in [0.25, 0.3) is 0 Å². The van der Waals surface area contributed by atoms with Gasteiger partial charge in [0.25, 0.3) is 5.91 Å². The van der Waals surface area contributed by atoms with E-state index in [-0.39, 0.29) is 24.4 Å². The molecule has 106 valence electrons. The summed E-state index contributed by atoms with van der Waals surface area (Å²) >= 11 is 0. The normalized spacial score (nSPS) is 17.0. The van der Waals surface area contributed by atoms with E-state index in [9.17, 15) is 14.4 Å². The Labute approximate surface area is 113 Å². The summed E-state index contributed by atoms with van der Waals surface area (Å²) in [6.07, 6.45) is 2.25. The van der Waals surface area contributed by atoms with Gasteiger partial charge in [-0.05, 0) is 25.3 Å². The third-order valence-electron chi connectivity index (χ3n) is 3.00. The van der Waals surface area contributed by atoms with Crippen LogP contribution in [-0.2, 0) is 19.1 Å². The van der Waals surface area contributed by atoms with Crippen molar-refractivity contribution >= 4 is 17.8 Å². The van der Waals surface area contributed by atoms with Crippen molar-refractivity contribution in [1.29, 1.82) is 0 Å². The van der Waals surface area contributed by atoms with E-state index in [4.69, 9.17) is 4.74 Å². The number of ether oxygens (including phenoxy) is 1. The van der Waals surface area contributed by atoms with Crippen molar-refractivity contribution in [2.24, 2.45) is 0 Å². The molecule has 0 aliphatic carbocycles. The number of likely N-dealkylation sites (tertiary alicyclic amines) is 1. The Morgan fingerprint density at radius 2 is 1.84 bits per heavy atom. The van der Waals surface area contributed by atoms with Crippen LogP contribution in [0.15, 0.2) is 11.1 Å². The maximum Gasteiger partial charge on any atom is 0.306 e. The highest BCUT2D eigenvalue weighted by Gasteiger charge is 2.36. The summed E-state index contributed by atoms with van der Waals surface area (Å²) in [5.74, 6) is -0.636. The average Bonchev–Trinajstić information content (AvgIpc) is 2.35.